The van der Waals surface area contributed by atoms with Crippen LogP contribution in [-0.2, 0) is 22.2 Å². The first-order valence-electron chi connectivity index (χ1n) is 7.05. The van der Waals surface area contributed by atoms with Crippen molar-refractivity contribution in [1.82, 2.24) is 9.55 Å². The number of halogens is 4. The summed E-state index contributed by atoms with van der Waals surface area (Å²) in [4.78, 5) is 4.07. The van der Waals surface area contributed by atoms with Crippen molar-refractivity contribution in [3.05, 3.63) is 42.1 Å². The number of ether oxygens (including phenoxy) is 2. The molecule has 1 aliphatic rings. The van der Waals surface area contributed by atoms with Crippen molar-refractivity contribution in [2.45, 2.75) is 25.4 Å². The molecule has 1 aliphatic heterocycles. The zero-order valence-corrected chi connectivity index (χ0v) is 12.0. The maximum absolute atomic E-state index is 13.3. The number of aromatic nitrogens is 2. The fourth-order valence-electron chi connectivity index (χ4n) is 2.32. The fourth-order valence-corrected chi connectivity index (χ4v) is 2.32. The van der Waals surface area contributed by atoms with E-state index >= 15 is 0 Å². The van der Waals surface area contributed by atoms with Crippen LogP contribution in [-0.4, -0.2) is 29.1 Å². The van der Waals surface area contributed by atoms with Crippen LogP contribution in [0.15, 0.2) is 30.7 Å². The number of rotatable bonds is 3. The summed E-state index contributed by atoms with van der Waals surface area (Å²) in [6, 6.07) is 2.82. The SMILES string of the molecule is Fc1ccc(-c2cn(CC3OCCCO3)cn2)cc1C(F)(F)F. The number of imidazole rings is 1. The highest BCUT2D eigenvalue weighted by Gasteiger charge is 2.34. The molecular weight excluding hydrogens is 316 g/mol. The molecule has 0 radical (unpaired) electrons. The lowest BCUT2D eigenvalue weighted by atomic mass is 10.1. The normalized spacial score (nSPS) is 16.7. The highest BCUT2D eigenvalue weighted by atomic mass is 19.4. The minimum atomic E-state index is -4.74. The van der Waals surface area contributed by atoms with Crippen LogP contribution >= 0.6 is 0 Å². The molecule has 23 heavy (non-hydrogen) atoms. The second-order valence-electron chi connectivity index (χ2n) is 5.17. The number of hydrogen-bond donors (Lipinski definition) is 0. The Morgan fingerprint density at radius 3 is 2.65 bits per heavy atom. The van der Waals surface area contributed by atoms with Crippen molar-refractivity contribution in [3.8, 4) is 11.3 Å². The lowest BCUT2D eigenvalue weighted by Crippen LogP contribution is -2.28. The van der Waals surface area contributed by atoms with Gasteiger partial charge in [0.2, 0.25) is 0 Å². The Balaban J connectivity index is 1.80. The van der Waals surface area contributed by atoms with Crippen molar-refractivity contribution < 1.29 is 27.0 Å². The van der Waals surface area contributed by atoms with Crippen molar-refractivity contribution in [2.24, 2.45) is 0 Å². The molecule has 0 atom stereocenters. The summed E-state index contributed by atoms with van der Waals surface area (Å²) in [6.45, 7) is 1.61. The molecule has 0 bridgehead atoms. The van der Waals surface area contributed by atoms with Crippen LogP contribution in [0, 0.1) is 5.82 Å². The summed E-state index contributed by atoms with van der Waals surface area (Å²) in [5.74, 6) is -1.30. The van der Waals surface area contributed by atoms with Crippen LogP contribution in [0.1, 0.15) is 12.0 Å². The summed E-state index contributed by atoms with van der Waals surface area (Å²) in [6.07, 6.45) is -1.25. The van der Waals surface area contributed by atoms with Gasteiger partial charge in [-0.15, -0.1) is 0 Å². The molecule has 0 spiro atoms. The monoisotopic (exact) mass is 330 g/mol. The van der Waals surface area contributed by atoms with Gasteiger partial charge in [0.1, 0.15) is 5.82 Å². The van der Waals surface area contributed by atoms with E-state index in [1.165, 1.54) is 12.4 Å². The first-order valence-corrected chi connectivity index (χ1v) is 7.05. The largest absolute Gasteiger partial charge is 0.419 e. The predicted molar refractivity (Wildman–Crippen MR) is 72.9 cm³/mol. The van der Waals surface area contributed by atoms with Gasteiger partial charge < -0.3 is 14.0 Å². The molecule has 1 saturated heterocycles. The first kappa shape index (κ1) is 15.9. The Morgan fingerprint density at radius 1 is 1.22 bits per heavy atom. The van der Waals surface area contributed by atoms with Gasteiger partial charge in [0.05, 0.1) is 37.3 Å². The molecule has 0 unspecified atom stereocenters. The van der Waals surface area contributed by atoms with E-state index in [0.29, 0.717) is 25.5 Å². The maximum Gasteiger partial charge on any atom is 0.419 e. The predicted octanol–water partition coefficient (Wildman–Crippen LogP) is 3.47. The third-order valence-electron chi connectivity index (χ3n) is 3.46. The van der Waals surface area contributed by atoms with Gasteiger partial charge in [-0.25, -0.2) is 9.37 Å². The first-order chi connectivity index (χ1) is 10.9. The van der Waals surface area contributed by atoms with Crippen molar-refractivity contribution in [2.75, 3.05) is 13.2 Å². The van der Waals surface area contributed by atoms with Crippen molar-refractivity contribution >= 4 is 0 Å². The second-order valence-corrected chi connectivity index (χ2v) is 5.17. The molecule has 3 rings (SSSR count). The quantitative estimate of drug-likeness (QED) is 0.809. The lowest BCUT2D eigenvalue weighted by Gasteiger charge is -2.23. The van der Waals surface area contributed by atoms with E-state index in [1.807, 2.05) is 0 Å². The highest BCUT2D eigenvalue weighted by Crippen LogP contribution is 2.33. The summed E-state index contributed by atoms with van der Waals surface area (Å²) >= 11 is 0. The average molecular weight is 330 g/mol. The van der Waals surface area contributed by atoms with E-state index in [1.54, 1.807) is 10.8 Å². The van der Waals surface area contributed by atoms with Gasteiger partial charge in [-0.05, 0) is 24.6 Å². The summed E-state index contributed by atoms with van der Waals surface area (Å²) in [7, 11) is 0. The minimum Gasteiger partial charge on any atom is -0.351 e. The Labute approximate surface area is 129 Å². The Morgan fingerprint density at radius 2 is 1.96 bits per heavy atom. The molecule has 1 aromatic heterocycles. The smallest absolute Gasteiger partial charge is 0.351 e. The van der Waals surface area contributed by atoms with Crippen LogP contribution in [0.25, 0.3) is 11.3 Å². The molecule has 0 saturated carbocycles. The Hall–Kier alpha value is -1.93. The third-order valence-corrected chi connectivity index (χ3v) is 3.46. The zero-order chi connectivity index (χ0) is 16.4. The molecule has 8 heteroatoms. The lowest BCUT2D eigenvalue weighted by molar-refractivity contribution is -0.184. The Bertz CT molecular complexity index is 678. The van der Waals surface area contributed by atoms with Gasteiger partial charge in [-0.3, -0.25) is 0 Å². The molecule has 1 fully saturated rings. The molecule has 2 heterocycles. The van der Waals surface area contributed by atoms with Crippen molar-refractivity contribution in [3.63, 3.8) is 0 Å². The molecule has 2 aromatic rings. The van der Waals surface area contributed by atoms with E-state index in [-0.39, 0.29) is 5.56 Å². The van der Waals surface area contributed by atoms with Gasteiger partial charge in [-0.2, -0.15) is 13.2 Å². The maximum atomic E-state index is 13.3. The summed E-state index contributed by atoms with van der Waals surface area (Å²) < 4.78 is 64.1. The Kier molecular flexibility index (Phi) is 4.36. The third kappa shape index (κ3) is 3.70. The van der Waals surface area contributed by atoms with E-state index in [4.69, 9.17) is 9.47 Å². The van der Waals surface area contributed by atoms with Crippen LogP contribution < -0.4 is 0 Å². The van der Waals surface area contributed by atoms with Gasteiger partial charge in [0.25, 0.3) is 0 Å². The van der Waals surface area contributed by atoms with Crippen LogP contribution in [0.3, 0.4) is 0 Å². The number of nitrogens with zero attached hydrogens (tertiary/aromatic N) is 2. The van der Waals surface area contributed by atoms with Gasteiger partial charge in [-0.1, -0.05) is 0 Å². The topological polar surface area (TPSA) is 36.3 Å². The number of alkyl halides is 3. The fraction of sp³-hybridized carbons (Fsp3) is 0.400. The molecule has 124 valence electrons. The van der Waals surface area contributed by atoms with Gasteiger partial charge in [0.15, 0.2) is 6.29 Å². The molecule has 4 nitrogen and oxygen atoms in total. The average Bonchev–Trinajstić information content (AvgIpc) is 2.96. The summed E-state index contributed by atoms with van der Waals surface area (Å²) in [5, 5.41) is 0. The van der Waals surface area contributed by atoms with E-state index < -0.39 is 23.8 Å². The second kappa shape index (κ2) is 6.29. The molecule has 0 amide bonds. The van der Waals surface area contributed by atoms with E-state index in [0.717, 1.165) is 18.6 Å². The molecule has 0 N–H and O–H groups in total. The molecule has 1 aromatic carbocycles. The van der Waals surface area contributed by atoms with E-state index in [9.17, 15) is 17.6 Å². The van der Waals surface area contributed by atoms with Crippen molar-refractivity contribution in [1.29, 1.82) is 0 Å². The van der Waals surface area contributed by atoms with Gasteiger partial charge in [0, 0.05) is 11.8 Å². The van der Waals surface area contributed by atoms with E-state index in [2.05, 4.69) is 4.98 Å². The molecule has 0 aliphatic carbocycles. The highest BCUT2D eigenvalue weighted by molar-refractivity contribution is 5.59. The van der Waals surface area contributed by atoms with Gasteiger partial charge >= 0.3 is 6.18 Å². The number of benzene rings is 1. The number of hydrogen-bond acceptors (Lipinski definition) is 3. The van der Waals surface area contributed by atoms with Crippen LogP contribution in [0.2, 0.25) is 0 Å². The summed E-state index contributed by atoms with van der Waals surface area (Å²) in [5.41, 5.74) is -0.780. The van der Waals surface area contributed by atoms with Crippen LogP contribution in [0.5, 0.6) is 0 Å². The van der Waals surface area contributed by atoms with Crippen LogP contribution in [0.4, 0.5) is 17.6 Å². The minimum absolute atomic E-state index is 0.197. The standard InChI is InChI=1S/C15H14F4N2O2/c16-12-3-2-10(6-11(12)15(17,18)19)13-7-21(9-20-13)8-14-22-4-1-5-23-14/h2-3,6-7,9,14H,1,4-5,8H2. The molecular formula is C15H14F4N2O2. The zero-order valence-electron chi connectivity index (χ0n) is 12.0.